The molecule has 1 saturated carbocycles. The lowest BCUT2D eigenvalue weighted by Gasteiger charge is -2.21. The predicted molar refractivity (Wildman–Crippen MR) is 114 cm³/mol. The first-order valence-corrected chi connectivity index (χ1v) is 12.1. The molecule has 0 radical (unpaired) electrons. The van der Waals surface area contributed by atoms with Crippen LogP contribution in [0.1, 0.15) is 129 Å². The smallest absolute Gasteiger partial charge is 0.00187 e. The summed E-state index contributed by atoms with van der Waals surface area (Å²) in [4.78, 5) is 2.66. The van der Waals surface area contributed by atoms with E-state index in [1.807, 2.05) is 0 Å². The van der Waals surface area contributed by atoms with Crippen LogP contribution in [-0.2, 0) is 0 Å². The van der Waals surface area contributed by atoms with Gasteiger partial charge < -0.3 is 4.90 Å². The van der Waals surface area contributed by atoms with Crippen molar-refractivity contribution in [2.24, 2.45) is 5.92 Å². The van der Waals surface area contributed by atoms with Crippen molar-refractivity contribution in [2.75, 3.05) is 19.6 Å². The highest BCUT2D eigenvalue weighted by Crippen LogP contribution is 2.28. The van der Waals surface area contributed by atoms with Gasteiger partial charge >= 0.3 is 0 Å². The van der Waals surface area contributed by atoms with Gasteiger partial charge in [-0.2, -0.15) is 0 Å². The van der Waals surface area contributed by atoms with Gasteiger partial charge in [0, 0.05) is 0 Å². The van der Waals surface area contributed by atoms with Crippen LogP contribution < -0.4 is 0 Å². The molecule has 1 rings (SSSR count). The zero-order valence-electron chi connectivity index (χ0n) is 17.9. The minimum atomic E-state index is 1.10. The van der Waals surface area contributed by atoms with E-state index in [0.717, 1.165) is 5.92 Å². The molecule has 0 heterocycles. The van der Waals surface area contributed by atoms with Crippen LogP contribution in [0.3, 0.4) is 0 Å². The quantitative estimate of drug-likeness (QED) is 0.240. The van der Waals surface area contributed by atoms with Crippen LogP contribution in [0.4, 0.5) is 0 Å². The highest BCUT2D eigenvalue weighted by Gasteiger charge is 2.12. The van der Waals surface area contributed by atoms with E-state index >= 15 is 0 Å². The minimum Gasteiger partial charge on any atom is -0.303 e. The predicted octanol–water partition coefficient (Wildman–Crippen LogP) is 7.98. The van der Waals surface area contributed by atoms with Crippen molar-refractivity contribution in [3.8, 4) is 0 Å². The first kappa shape index (κ1) is 23.0. The summed E-state index contributed by atoms with van der Waals surface area (Å²) in [6.45, 7) is 8.54. The van der Waals surface area contributed by atoms with Crippen LogP contribution in [0, 0.1) is 5.92 Å². The van der Waals surface area contributed by atoms with E-state index in [2.05, 4.69) is 18.7 Å². The number of nitrogens with zero attached hydrogens (tertiary/aromatic N) is 1. The topological polar surface area (TPSA) is 3.24 Å². The van der Waals surface area contributed by atoms with Gasteiger partial charge in [-0.05, 0) is 44.8 Å². The van der Waals surface area contributed by atoms with E-state index in [9.17, 15) is 0 Å². The van der Waals surface area contributed by atoms with Crippen LogP contribution in [0.25, 0.3) is 0 Å². The molecule has 0 aromatic heterocycles. The number of rotatable bonds is 17. The largest absolute Gasteiger partial charge is 0.303 e. The Hall–Kier alpha value is -0.0400. The second kappa shape index (κ2) is 17.4. The Bertz CT molecular complexity index is 251. The maximum absolute atomic E-state index is 2.66. The third kappa shape index (κ3) is 13.8. The molecule has 1 aliphatic carbocycles. The molecule has 0 atom stereocenters. The van der Waals surface area contributed by atoms with Crippen molar-refractivity contribution in [2.45, 2.75) is 129 Å². The number of hydrogen-bond acceptors (Lipinski definition) is 1. The molecule has 1 nitrogen and oxygen atoms in total. The monoisotopic (exact) mass is 351 g/mol. The van der Waals surface area contributed by atoms with Crippen LogP contribution in [0.15, 0.2) is 0 Å². The SMILES string of the molecule is CCCN(CCC)CCCCCCCCCCCCC1CCCCC1. The molecule has 150 valence electrons. The molecule has 0 aromatic carbocycles. The standard InChI is InChI=1S/C24H49N/c1-3-21-25(22-4-2)23-17-12-10-8-6-5-7-9-11-14-18-24-19-15-13-16-20-24/h24H,3-23H2,1-2H3. The average Bonchev–Trinajstić information content (AvgIpc) is 2.64. The molecule has 1 fully saturated rings. The van der Waals surface area contributed by atoms with E-state index < -0.39 is 0 Å². The summed E-state index contributed by atoms with van der Waals surface area (Å²) >= 11 is 0. The van der Waals surface area contributed by atoms with E-state index in [1.165, 1.54) is 135 Å². The van der Waals surface area contributed by atoms with Gasteiger partial charge in [-0.3, -0.25) is 0 Å². The second-order valence-corrected chi connectivity index (χ2v) is 8.67. The van der Waals surface area contributed by atoms with Crippen LogP contribution >= 0.6 is 0 Å². The Balaban J connectivity index is 1.76. The van der Waals surface area contributed by atoms with Gasteiger partial charge in [-0.15, -0.1) is 0 Å². The molecule has 0 amide bonds. The average molecular weight is 352 g/mol. The third-order valence-electron chi connectivity index (χ3n) is 6.14. The lowest BCUT2D eigenvalue weighted by atomic mass is 9.85. The Morgan fingerprint density at radius 2 is 1.04 bits per heavy atom. The summed E-state index contributed by atoms with van der Waals surface area (Å²) < 4.78 is 0. The van der Waals surface area contributed by atoms with Gasteiger partial charge in [-0.25, -0.2) is 0 Å². The maximum atomic E-state index is 2.66. The lowest BCUT2D eigenvalue weighted by molar-refractivity contribution is 0.267. The Morgan fingerprint density at radius 1 is 0.560 bits per heavy atom. The fourth-order valence-electron chi connectivity index (χ4n) is 4.63. The number of hydrogen-bond donors (Lipinski definition) is 0. The molecule has 0 unspecified atom stereocenters. The lowest BCUT2D eigenvalue weighted by Crippen LogP contribution is -2.26. The van der Waals surface area contributed by atoms with Gasteiger partial charge in [0.05, 0.1) is 0 Å². The highest BCUT2D eigenvalue weighted by atomic mass is 15.1. The first-order chi connectivity index (χ1) is 12.4. The van der Waals surface area contributed by atoms with Crippen molar-refractivity contribution in [3.05, 3.63) is 0 Å². The summed E-state index contributed by atoms with van der Waals surface area (Å²) in [6.07, 6.45) is 26.5. The Kier molecular flexibility index (Phi) is 16.0. The molecule has 25 heavy (non-hydrogen) atoms. The third-order valence-corrected chi connectivity index (χ3v) is 6.14. The first-order valence-electron chi connectivity index (χ1n) is 12.1. The fraction of sp³-hybridized carbons (Fsp3) is 1.00. The summed E-state index contributed by atoms with van der Waals surface area (Å²) in [6, 6.07) is 0. The summed E-state index contributed by atoms with van der Waals surface area (Å²) in [7, 11) is 0. The molecule has 0 aromatic rings. The zero-order valence-corrected chi connectivity index (χ0v) is 17.9. The summed E-state index contributed by atoms with van der Waals surface area (Å²) in [5.41, 5.74) is 0. The van der Waals surface area contributed by atoms with Crippen molar-refractivity contribution < 1.29 is 0 Å². The molecule has 1 aliphatic rings. The Morgan fingerprint density at radius 3 is 1.56 bits per heavy atom. The molecule has 0 aliphatic heterocycles. The highest BCUT2D eigenvalue weighted by molar-refractivity contribution is 4.65. The van der Waals surface area contributed by atoms with Crippen LogP contribution in [0.5, 0.6) is 0 Å². The van der Waals surface area contributed by atoms with Crippen molar-refractivity contribution in [1.29, 1.82) is 0 Å². The fourth-order valence-corrected chi connectivity index (χ4v) is 4.63. The van der Waals surface area contributed by atoms with Gasteiger partial charge in [-0.1, -0.05) is 110 Å². The van der Waals surface area contributed by atoms with Gasteiger partial charge in [0.2, 0.25) is 0 Å². The van der Waals surface area contributed by atoms with Crippen molar-refractivity contribution in [3.63, 3.8) is 0 Å². The summed E-state index contributed by atoms with van der Waals surface area (Å²) in [5.74, 6) is 1.10. The van der Waals surface area contributed by atoms with Crippen molar-refractivity contribution >= 4 is 0 Å². The molecule has 1 heteroatoms. The van der Waals surface area contributed by atoms with E-state index in [0.29, 0.717) is 0 Å². The van der Waals surface area contributed by atoms with E-state index in [-0.39, 0.29) is 0 Å². The maximum Gasteiger partial charge on any atom is -0.00187 e. The van der Waals surface area contributed by atoms with Gasteiger partial charge in [0.25, 0.3) is 0 Å². The minimum absolute atomic E-state index is 1.10. The molecular formula is C24H49N. The van der Waals surface area contributed by atoms with Gasteiger partial charge in [0.15, 0.2) is 0 Å². The van der Waals surface area contributed by atoms with Crippen LogP contribution in [-0.4, -0.2) is 24.5 Å². The molecule has 0 bridgehead atoms. The van der Waals surface area contributed by atoms with Gasteiger partial charge in [0.1, 0.15) is 0 Å². The molecule has 0 saturated heterocycles. The second-order valence-electron chi connectivity index (χ2n) is 8.67. The zero-order chi connectivity index (χ0) is 18.0. The number of unbranched alkanes of at least 4 members (excludes halogenated alkanes) is 9. The molecule has 0 spiro atoms. The Labute approximate surface area is 160 Å². The van der Waals surface area contributed by atoms with E-state index in [4.69, 9.17) is 0 Å². The van der Waals surface area contributed by atoms with E-state index in [1.54, 1.807) is 0 Å². The normalized spacial score (nSPS) is 16.0. The molecule has 0 N–H and O–H groups in total. The summed E-state index contributed by atoms with van der Waals surface area (Å²) in [5, 5.41) is 0. The van der Waals surface area contributed by atoms with Crippen molar-refractivity contribution in [1.82, 2.24) is 4.90 Å². The van der Waals surface area contributed by atoms with Crippen LogP contribution in [0.2, 0.25) is 0 Å². The molecular weight excluding hydrogens is 302 g/mol.